The molecule has 0 radical (unpaired) electrons. The van der Waals surface area contributed by atoms with Gasteiger partial charge in [0.05, 0.1) is 16.1 Å². The normalized spacial score (nSPS) is 11.2. The van der Waals surface area contributed by atoms with Crippen LogP contribution < -0.4 is 5.73 Å². The number of hydrogen-bond acceptors (Lipinski definition) is 3. The molecule has 0 unspecified atom stereocenters. The maximum absolute atomic E-state index is 14.1. The lowest BCUT2D eigenvalue weighted by Crippen LogP contribution is -1.84. The van der Waals surface area contributed by atoms with E-state index < -0.39 is 5.82 Å². The molecule has 2 aromatic carbocycles. The first-order chi connectivity index (χ1) is 11.1. The fourth-order valence-electron chi connectivity index (χ4n) is 2.52. The third-order valence-corrected chi connectivity index (χ3v) is 3.99. The predicted molar refractivity (Wildman–Crippen MR) is 88.6 cm³/mol. The Labute approximate surface area is 135 Å². The van der Waals surface area contributed by atoms with E-state index in [1.807, 2.05) is 18.2 Å². The van der Waals surface area contributed by atoms with Crippen LogP contribution in [0.25, 0.3) is 33.6 Å². The third kappa shape index (κ3) is 2.26. The van der Waals surface area contributed by atoms with Crippen LogP contribution in [0.15, 0.2) is 52.9 Å². The number of benzene rings is 2. The Kier molecular flexibility index (Phi) is 3.09. The number of furan rings is 1. The third-order valence-electron chi connectivity index (χ3n) is 3.70. The molecule has 4 aromatic rings. The van der Waals surface area contributed by atoms with Crippen LogP contribution in [-0.4, -0.2) is 10.2 Å². The molecule has 0 aliphatic rings. The zero-order chi connectivity index (χ0) is 16.0. The number of nitrogens with zero attached hydrogens (tertiary/aromatic N) is 1. The summed E-state index contributed by atoms with van der Waals surface area (Å²) in [4.78, 5) is 0. The number of halogens is 2. The first-order valence-corrected chi connectivity index (χ1v) is 7.29. The van der Waals surface area contributed by atoms with E-state index in [1.165, 1.54) is 6.07 Å². The zero-order valence-electron chi connectivity index (χ0n) is 11.8. The quantitative estimate of drug-likeness (QED) is 0.552. The van der Waals surface area contributed by atoms with Gasteiger partial charge in [-0.15, -0.1) is 0 Å². The molecule has 0 spiro atoms. The second-order valence-electron chi connectivity index (χ2n) is 5.13. The molecule has 4 nitrogen and oxygen atoms in total. The predicted octanol–water partition coefficient (Wildman–Crippen LogP) is 4.86. The van der Waals surface area contributed by atoms with Crippen molar-refractivity contribution in [3.63, 3.8) is 0 Å². The van der Waals surface area contributed by atoms with Gasteiger partial charge in [-0.1, -0.05) is 17.7 Å². The molecule has 0 atom stereocenters. The van der Waals surface area contributed by atoms with Crippen LogP contribution in [-0.2, 0) is 0 Å². The minimum atomic E-state index is -0.496. The summed E-state index contributed by atoms with van der Waals surface area (Å²) < 4.78 is 19.9. The number of anilines is 1. The van der Waals surface area contributed by atoms with Crippen molar-refractivity contribution in [2.45, 2.75) is 0 Å². The molecule has 114 valence electrons. The second-order valence-corrected chi connectivity index (χ2v) is 5.54. The zero-order valence-corrected chi connectivity index (χ0v) is 12.6. The molecular weight excluding hydrogens is 317 g/mol. The largest absolute Gasteiger partial charge is 0.456 e. The van der Waals surface area contributed by atoms with Crippen LogP contribution in [0, 0.1) is 5.82 Å². The Morgan fingerprint density at radius 3 is 2.78 bits per heavy atom. The van der Waals surface area contributed by atoms with Crippen LogP contribution in [0.1, 0.15) is 0 Å². The molecule has 0 amide bonds. The van der Waals surface area contributed by atoms with Crippen molar-refractivity contribution in [2.24, 2.45) is 0 Å². The fourth-order valence-corrected chi connectivity index (χ4v) is 2.69. The highest BCUT2D eigenvalue weighted by molar-refractivity contribution is 6.31. The number of nitrogens with two attached hydrogens (primary N) is 1. The van der Waals surface area contributed by atoms with Gasteiger partial charge >= 0.3 is 0 Å². The average molecular weight is 328 g/mol. The summed E-state index contributed by atoms with van der Waals surface area (Å²) in [6.07, 6.45) is 0. The SMILES string of the molecule is Nc1n[nH]c2ccc(-c3ccc(-c4cccc(Cl)c4F)o3)cc12. The van der Waals surface area contributed by atoms with E-state index in [4.69, 9.17) is 21.8 Å². The van der Waals surface area contributed by atoms with Crippen LogP contribution in [0.5, 0.6) is 0 Å². The summed E-state index contributed by atoms with van der Waals surface area (Å²) in [5.41, 5.74) is 7.82. The summed E-state index contributed by atoms with van der Waals surface area (Å²) in [7, 11) is 0. The molecule has 0 aliphatic carbocycles. The molecule has 0 bridgehead atoms. The van der Waals surface area contributed by atoms with Crippen molar-refractivity contribution < 1.29 is 8.81 Å². The lowest BCUT2D eigenvalue weighted by Gasteiger charge is -2.02. The number of hydrogen-bond donors (Lipinski definition) is 2. The Morgan fingerprint density at radius 1 is 1.09 bits per heavy atom. The van der Waals surface area contributed by atoms with E-state index in [0.29, 0.717) is 22.9 Å². The minimum Gasteiger partial charge on any atom is -0.456 e. The van der Waals surface area contributed by atoms with Crippen molar-refractivity contribution >= 4 is 28.3 Å². The molecule has 2 heterocycles. The van der Waals surface area contributed by atoms with Crippen molar-refractivity contribution in [3.8, 4) is 22.6 Å². The van der Waals surface area contributed by atoms with Crippen LogP contribution in [0.2, 0.25) is 5.02 Å². The van der Waals surface area contributed by atoms with E-state index in [9.17, 15) is 4.39 Å². The van der Waals surface area contributed by atoms with Crippen LogP contribution in [0.3, 0.4) is 0 Å². The molecule has 2 aromatic heterocycles. The van der Waals surface area contributed by atoms with Gasteiger partial charge < -0.3 is 10.2 Å². The highest BCUT2D eigenvalue weighted by Crippen LogP contribution is 2.33. The maximum Gasteiger partial charge on any atom is 0.153 e. The van der Waals surface area contributed by atoms with Gasteiger partial charge in [0.1, 0.15) is 11.5 Å². The monoisotopic (exact) mass is 327 g/mol. The van der Waals surface area contributed by atoms with Crippen molar-refractivity contribution in [1.82, 2.24) is 10.2 Å². The van der Waals surface area contributed by atoms with Gasteiger partial charge in [0.25, 0.3) is 0 Å². The Balaban J connectivity index is 1.80. The lowest BCUT2D eigenvalue weighted by molar-refractivity contribution is 0.581. The number of rotatable bonds is 2. The van der Waals surface area contributed by atoms with Crippen molar-refractivity contribution in [3.05, 3.63) is 59.4 Å². The Morgan fingerprint density at radius 2 is 1.91 bits per heavy atom. The second kappa shape index (κ2) is 5.14. The summed E-state index contributed by atoms with van der Waals surface area (Å²) in [6, 6.07) is 13.9. The Hall–Kier alpha value is -2.79. The summed E-state index contributed by atoms with van der Waals surface area (Å²) in [6.45, 7) is 0. The first-order valence-electron chi connectivity index (χ1n) is 6.91. The maximum atomic E-state index is 14.1. The highest BCUT2D eigenvalue weighted by atomic mass is 35.5. The van der Waals surface area contributed by atoms with Gasteiger partial charge in [0.15, 0.2) is 11.6 Å². The fraction of sp³-hybridized carbons (Fsp3) is 0. The number of H-pyrrole nitrogens is 1. The average Bonchev–Trinajstić information content (AvgIpc) is 3.17. The number of nitrogens with one attached hydrogen (secondary N) is 1. The molecule has 0 saturated carbocycles. The van der Waals surface area contributed by atoms with Crippen LogP contribution >= 0.6 is 11.6 Å². The molecule has 4 rings (SSSR count). The van der Waals surface area contributed by atoms with Gasteiger partial charge in [-0.2, -0.15) is 5.10 Å². The van der Waals surface area contributed by atoms with Gasteiger partial charge in [0, 0.05) is 10.9 Å². The number of aromatic nitrogens is 2. The van der Waals surface area contributed by atoms with Crippen LogP contribution in [0.4, 0.5) is 10.2 Å². The summed E-state index contributed by atoms with van der Waals surface area (Å²) in [5.74, 6) is 0.959. The smallest absolute Gasteiger partial charge is 0.153 e. The van der Waals surface area contributed by atoms with Crippen molar-refractivity contribution in [2.75, 3.05) is 5.73 Å². The summed E-state index contributed by atoms with van der Waals surface area (Å²) >= 11 is 5.82. The molecule has 0 aliphatic heterocycles. The highest BCUT2D eigenvalue weighted by Gasteiger charge is 2.14. The number of nitrogen functional groups attached to an aromatic ring is 1. The van der Waals surface area contributed by atoms with E-state index in [0.717, 1.165) is 16.5 Å². The van der Waals surface area contributed by atoms with E-state index in [2.05, 4.69) is 10.2 Å². The van der Waals surface area contributed by atoms with E-state index >= 15 is 0 Å². The molecule has 3 N–H and O–H groups in total. The minimum absolute atomic E-state index is 0.0630. The van der Waals surface area contributed by atoms with Gasteiger partial charge in [-0.25, -0.2) is 4.39 Å². The first kappa shape index (κ1) is 13.8. The Bertz CT molecular complexity index is 1020. The van der Waals surface area contributed by atoms with E-state index in [-0.39, 0.29) is 5.02 Å². The molecule has 0 fully saturated rings. The van der Waals surface area contributed by atoms with Gasteiger partial charge in [-0.3, -0.25) is 5.10 Å². The molecular formula is C17H11ClFN3O. The van der Waals surface area contributed by atoms with Crippen molar-refractivity contribution in [1.29, 1.82) is 0 Å². The molecule has 6 heteroatoms. The summed E-state index contributed by atoms with van der Waals surface area (Å²) in [5, 5.41) is 7.68. The molecule has 0 saturated heterocycles. The lowest BCUT2D eigenvalue weighted by atomic mass is 10.1. The number of fused-ring (bicyclic) bond motifs is 1. The standard InChI is InChI=1S/C17H11ClFN3O/c18-12-3-1-2-10(16(12)19)15-7-6-14(23-15)9-4-5-13-11(8-9)17(20)22-21-13/h1-8H,(H3,20,21,22). The van der Waals surface area contributed by atoms with Gasteiger partial charge in [-0.05, 0) is 42.5 Å². The topological polar surface area (TPSA) is 67.8 Å². The number of aromatic amines is 1. The van der Waals surface area contributed by atoms with Gasteiger partial charge in [0.2, 0.25) is 0 Å². The van der Waals surface area contributed by atoms with E-state index in [1.54, 1.807) is 24.3 Å². The molecule has 23 heavy (non-hydrogen) atoms.